The van der Waals surface area contributed by atoms with Gasteiger partial charge in [0.15, 0.2) is 10.8 Å². The van der Waals surface area contributed by atoms with Gasteiger partial charge in [-0.1, -0.05) is 193 Å². The molecule has 2 amide bonds. The lowest BCUT2D eigenvalue weighted by Gasteiger charge is -2.43. The van der Waals surface area contributed by atoms with Crippen LogP contribution in [0.5, 0.6) is 0 Å². The highest BCUT2D eigenvalue weighted by Gasteiger charge is 2.54. The summed E-state index contributed by atoms with van der Waals surface area (Å²) >= 11 is 7.28. The minimum absolute atomic E-state index is 0.0113. The van der Waals surface area contributed by atoms with E-state index in [0.29, 0.717) is 5.13 Å². The van der Waals surface area contributed by atoms with Gasteiger partial charge in [0.2, 0.25) is 0 Å². The number of benzene rings is 6. The van der Waals surface area contributed by atoms with Crippen LogP contribution in [0.2, 0.25) is 0 Å². The van der Waals surface area contributed by atoms with Crippen molar-refractivity contribution in [3.8, 4) is 0 Å². The molecule has 16 heteroatoms. The molecule has 13 nitrogen and oxygen atoms in total. The average Bonchev–Trinajstić information content (AvgIpc) is 3.88. The predicted molar refractivity (Wildman–Crippen MR) is 274 cm³/mol. The summed E-state index contributed by atoms with van der Waals surface area (Å²) in [7, 11) is -4.93. The third-order valence-electron chi connectivity index (χ3n) is 11.7. The van der Waals surface area contributed by atoms with E-state index in [1.54, 1.807) is 17.8 Å². The first-order valence-corrected chi connectivity index (χ1v) is 25.0. The summed E-state index contributed by atoms with van der Waals surface area (Å²) in [6.07, 6.45) is 3.50. The molecule has 9 rings (SSSR count). The number of anilines is 1. The molecule has 1 saturated heterocycles. The summed E-state index contributed by atoms with van der Waals surface area (Å²) in [6.45, 7) is 0.246. The van der Waals surface area contributed by atoms with Crippen molar-refractivity contribution in [2.24, 2.45) is 5.16 Å². The maximum absolute atomic E-state index is 14.2. The summed E-state index contributed by atoms with van der Waals surface area (Å²) in [6, 6.07) is 63.1. The second-order valence-corrected chi connectivity index (χ2v) is 18.3. The fourth-order valence-electron chi connectivity index (χ4n) is 8.49. The van der Waals surface area contributed by atoms with Crippen molar-refractivity contribution in [2.45, 2.75) is 23.2 Å². The Morgan fingerprint density at radius 3 is 1.46 bits per heavy atom. The van der Waals surface area contributed by atoms with E-state index < -0.39 is 45.3 Å². The van der Waals surface area contributed by atoms with Crippen LogP contribution >= 0.6 is 22.9 Å². The fraction of sp³-hybridized carbons (Fsp3) is 0.130. The highest BCUT2D eigenvalue weighted by Crippen LogP contribution is 2.41. The van der Waals surface area contributed by atoms with Crippen molar-refractivity contribution in [1.82, 2.24) is 24.9 Å². The molecule has 4 N–H and O–H groups in total. The number of nitrogens with zero attached hydrogens (tertiary/aromatic N) is 4. The number of β-lactam (4-membered cyclic amide) rings is 1. The molecule has 0 aliphatic carbocycles. The minimum atomic E-state index is -4.93. The van der Waals surface area contributed by atoms with Crippen LogP contribution in [-0.4, -0.2) is 75.9 Å². The first-order valence-electron chi connectivity index (χ1n) is 22.2. The number of hydrogen-bond donors (Lipinski definition) is 4. The number of aromatic nitrogens is 2. The monoisotopic (exact) mass is 989 g/mol. The van der Waals surface area contributed by atoms with Crippen molar-refractivity contribution in [2.75, 3.05) is 24.3 Å². The van der Waals surface area contributed by atoms with Crippen LogP contribution in [0.15, 0.2) is 223 Å². The Kier molecular flexibility index (Phi) is 15.9. The van der Waals surface area contributed by atoms with Gasteiger partial charge >= 0.3 is 10.3 Å². The molecule has 1 aliphatic heterocycles. The van der Waals surface area contributed by atoms with Crippen LogP contribution in [0.25, 0.3) is 0 Å². The van der Waals surface area contributed by atoms with Crippen LogP contribution < -0.4 is 16.0 Å². The van der Waals surface area contributed by atoms with Gasteiger partial charge in [0, 0.05) is 30.2 Å². The maximum atomic E-state index is 14.2. The zero-order valence-corrected chi connectivity index (χ0v) is 39.9. The smallest absolute Gasteiger partial charge is 0.362 e. The van der Waals surface area contributed by atoms with Crippen LogP contribution in [0.1, 0.15) is 39.1 Å². The molecule has 0 spiro atoms. The molecule has 2 aromatic heterocycles. The largest absolute Gasteiger partial charge is 0.394 e. The van der Waals surface area contributed by atoms with E-state index in [-0.39, 0.29) is 34.7 Å². The average molecular weight is 991 g/mol. The molecule has 0 bridgehead atoms. The number of nitrogens with one attached hydrogen (secondary N) is 3. The molecule has 2 atom stereocenters. The van der Waals surface area contributed by atoms with Gasteiger partial charge < -0.3 is 15.5 Å². The van der Waals surface area contributed by atoms with E-state index in [9.17, 15) is 22.6 Å². The number of hydrogen-bond acceptors (Lipinski definition) is 11. The van der Waals surface area contributed by atoms with Crippen LogP contribution in [0.3, 0.4) is 0 Å². The van der Waals surface area contributed by atoms with Crippen molar-refractivity contribution < 1.29 is 27.4 Å². The molecule has 6 aromatic carbocycles. The molecule has 8 aromatic rings. The first-order chi connectivity index (χ1) is 34.2. The molecule has 2 unspecified atom stereocenters. The quantitative estimate of drug-likeness (QED) is 0.0124. The van der Waals surface area contributed by atoms with Gasteiger partial charge in [0.25, 0.3) is 11.8 Å². The second kappa shape index (κ2) is 22.7. The summed E-state index contributed by atoms with van der Waals surface area (Å²) < 4.78 is 33.9. The van der Waals surface area contributed by atoms with Gasteiger partial charge in [0.1, 0.15) is 23.9 Å². The van der Waals surface area contributed by atoms with Gasteiger partial charge in [-0.3, -0.25) is 24.4 Å². The summed E-state index contributed by atoms with van der Waals surface area (Å²) in [5.74, 6) is -2.31. The topological polar surface area (TPSA) is 175 Å². The molecule has 1 aliphatic rings. The van der Waals surface area contributed by atoms with Crippen LogP contribution in [0.4, 0.5) is 5.13 Å². The number of carbonyl (C=O) groups is 2. The van der Waals surface area contributed by atoms with Crippen molar-refractivity contribution in [3.63, 3.8) is 0 Å². The fourth-order valence-corrected chi connectivity index (χ4v) is 10.5. The van der Waals surface area contributed by atoms with E-state index >= 15 is 0 Å². The van der Waals surface area contributed by atoms with E-state index in [0.717, 1.165) is 33.4 Å². The lowest BCUT2D eigenvalue weighted by atomic mass is 9.77. The standard InChI is InChI=1S/C49H43ClN6O6S2.C5H5N/c50-33-42-44(46(58)56(42)64(59,60)61)53-45(57)43(55-62-32-31-51-48(35-19-7-1-8-20-35,36-21-9-2-10-22-36)37-23-11-3-12-24-37)41-34-63-47(52-41)54-49(38-25-13-4-14-26-38,39-27-15-5-16-28-39)40-29-17-6-18-30-40;1-2-4-6-5-3-1/h1-30,34,42,44,51H,31-33H2,(H,52,54)(H,53,57)(H,59,60,61);1-5H. The van der Waals surface area contributed by atoms with Gasteiger partial charge in [0.05, 0.1) is 11.6 Å². The summed E-state index contributed by atoms with van der Waals surface area (Å²) in [4.78, 5) is 41.8. The summed E-state index contributed by atoms with van der Waals surface area (Å²) in [5.41, 5.74) is 3.89. The lowest BCUT2D eigenvalue weighted by molar-refractivity contribution is -0.143. The Balaban J connectivity index is 0.00000102. The first kappa shape index (κ1) is 48.9. The van der Waals surface area contributed by atoms with Crippen LogP contribution in [0, 0.1) is 0 Å². The van der Waals surface area contributed by atoms with Crippen molar-refractivity contribution in [3.05, 3.63) is 257 Å². The zero-order chi connectivity index (χ0) is 48.8. The lowest BCUT2D eigenvalue weighted by Crippen LogP contribution is -2.73. The molecule has 70 heavy (non-hydrogen) atoms. The Morgan fingerprint density at radius 1 is 0.671 bits per heavy atom. The van der Waals surface area contributed by atoms with Gasteiger partial charge in [-0.25, -0.2) is 9.29 Å². The van der Waals surface area contributed by atoms with E-state index in [1.807, 2.05) is 164 Å². The molecular weight excluding hydrogens is 942 g/mol. The molecule has 354 valence electrons. The molecular formula is C54H48ClN7O6S2. The molecule has 0 saturated carbocycles. The third kappa shape index (κ3) is 10.7. The molecule has 0 radical (unpaired) electrons. The number of thiazole rings is 1. The zero-order valence-electron chi connectivity index (χ0n) is 37.5. The molecule has 1 fully saturated rings. The van der Waals surface area contributed by atoms with E-state index in [4.69, 9.17) is 21.4 Å². The predicted octanol–water partition coefficient (Wildman–Crippen LogP) is 8.67. The number of alkyl halides is 1. The number of oxime groups is 1. The van der Waals surface area contributed by atoms with Gasteiger partial charge in [-0.2, -0.15) is 8.42 Å². The number of carbonyl (C=O) groups excluding carboxylic acids is 2. The SMILES string of the molecule is O=C(NC1C(=O)N(S(=O)(=O)O)C1CCl)C(=NOCCNC(c1ccccc1)(c1ccccc1)c1ccccc1)c1csc(NC(c2ccccc2)(c2ccccc2)c2ccccc2)n1.c1ccncc1. The number of rotatable bonds is 18. The van der Waals surface area contributed by atoms with Gasteiger partial charge in [-0.15, -0.1) is 22.9 Å². The number of pyridine rings is 1. The second-order valence-electron chi connectivity index (χ2n) is 15.9. The third-order valence-corrected chi connectivity index (χ3v) is 13.7. The molecule has 3 heterocycles. The Bertz CT molecular complexity index is 2850. The Morgan fingerprint density at radius 2 is 1.09 bits per heavy atom. The highest BCUT2D eigenvalue weighted by atomic mass is 35.5. The number of halogens is 1. The Hall–Kier alpha value is -7.53. The summed E-state index contributed by atoms with van der Waals surface area (Å²) in [5, 5.41) is 16.4. The van der Waals surface area contributed by atoms with E-state index in [2.05, 4.69) is 62.5 Å². The van der Waals surface area contributed by atoms with E-state index in [1.165, 1.54) is 11.3 Å². The highest BCUT2D eigenvalue weighted by molar-refractivity contribution is 7.84. The van der Waals surface area contributed by atoms with Gasteiger partial charge in [-0.05, 0) is 45.5 Å². The van der Waals surface area contributed by atoms with Crippen molar-refractivity contribution in [1.29, 1.82) is 0 Å². The normalized spacial score (nSPS) is 14.9. The maximum Gasteiger partial charge on any atom is 0.362 e. The van der Waals surface area contributed by atoms with Crippen LogP contribution in [-0.2, 0) is 35.8 Å². The van der Waals surface area contributed by atoms with Crippen molar-refractivity contribution >= 4 is 55.9 Å². The Labute approximate surface area is 415 Å². The number of amides is 2. The minimum Gasteiger partial charge on any atom is -0.394 e.